The van der Waals surface area contributed by atoms with Crippen molar-refractivity contribution in [1.29, 1.82) is 0 Å². The molecule has 2 heteroatoms. The molecule has 2 unspecified atom stereocenters. The number of carbonyl (C=O) groups is 1. The lowest BCUT2D eigenvalue weighted by atomic mass is 9.87. The van der Waals surface area contributed by atoms with Crippen molar-refractivity contribution in [3.63, 3.8) is 0 Å². The van der Waals surface area contributed by atoms with Gasteiger partial charge in [-0.3, -0.25) is 4.79 Å². The number of amides is 1. The van der Waals surface area contributed by atoms with Crippen LogP contribution in [0.1, 0.15) is 51.9 Å². The lowest BCUT2D eigenvalue weighted by Gasteiger charge is -2.21. The van der Waals surface area contributed by atoms with E-state index in [1.807, 2.05) is 0 Å². The highest BCUT2D eigenvalue weighted by Crippen LogP contribution is 2.37. The molecule has 2 saturated carbocycles. The summed E-state index contributed by atoms with van der Waals surface area (Å²) in [6.45, 7) is 3.07. The van der Waals surface area contributed by atoms with E-state index >= 15 is 0 Å². The first-order valence-electron chi connectivity index (χ1n) is 6.55. The van der Waals surface area contributed by atoms with E-state index in [0.717, 1.165) is 18.9 Å². The Hall–Kier alpha value is -0.530. The van der Waals surface area contributed by atoms with Crippen LogP contribution in [0, 0.1) is 17.8 Å². The van der Waals surface area contributed by atoms with Gasteiger partial charge < -0.3 is 5.32 Å². The lowest BCUT2D eigenvalue weighted by Crippen LogP contribution is -2.28. The van der Waals surface area contributed by atoms with Crippen molar-refractivity contribution < 1.29 is 4.79 Å². The molecule has 0 saturated heterocycles. The van der Waals surface area contributed by atoms with Crippen LogP contribution in [-0.4, -0.2) is 12.5 Å². The predicted molar refractivity (Wildman–Crippen MR) is 61.5 cm³/mol. The minimum atomic E-state index is 0.304. The topological polar surface area (TPSA) is 29.1 Å². The highest BCUT2D eigenvalue weighted by molar-refractivity contribution is 5.81. The number of carbonyl (C=O) groups excluding carboxylic acids is 1. The molecule has 0 aromatic heterocycles. The van der Waals surface area contributed by atoms with Crippen LogP contribution < -0.4 is 5.32 Å². The Morgan fingerprint density at radius 2 is 1.93 bits per heavy atom. The average Bonchev–Trinajstić information content (AvgIpc) is 2.97. The van der Waals surface area contributed by atoms with Gasteiger partial charge in [0.15, 0.2) is 0 Å². The maximum absolute atomic E-state index is 11.5. The Morgan fingerprint density at radius 3 is 2.53 bits per heavy atom. The third-order valence-corrected chi connectivity index (χ3v) is 4.02. The Kier molecular flexibility index (Phi) is 3.66. The molecule has 2 atom stereocenters. The molecule has 0 heterocycles. The minimum Gasteiger partial charge on any atom is -0.356 e. The van der Waals surface area contributed by atoms with Crippen LogP contribution in [0.5, 0.6) is 0 Å². The molecule has 2 rings (SSSR count). The standard InChI is InChI=1S/C13H23NO/c1-10-9-12(10)13(15)14-8-7-11-5-3-2-4-6-11/h10-12H,2-9H2,1H3,(H,14,15). The van der Waals surface area contributed by atoms with Crippen molar-refractivity contribution in [2.24, 2.45) is 17.8 Å². The van der Waals surface area contributed by atoms with Gasteiger partial charge in [-0.15, -0.1) is 0 Å². The molecule has 0 radical (unpaired) electrons. The van der Waals surface area contributed by atoms with Gasteiger partial charge in [0.25, 0.3) is 0 Å². The van der Waals surface area contributed by atoms with E-state index in [1.54, 1.807) is 0 Å². The fourth-order valence-electron chi connectivity index (χ4n) is 2.69. The van der Waals surface area contributed by atoms with E-state index in [-0.39, 0.29) is 0 Å². The first-order valence-corrected chi connectivity index (χ1v) is 6.55. The fourth-order valence-corrected chi connectivity index (χ4v) is 2.69. The van der Waals surface area contributed by atoms with E-state index in [4.69, 9.17) is 0 Å². The molecular weight excluding hydrogens is 186 g/mol. The van der Waals surface area contributed by atoms with Crippen LogP contribution in [0.2, 0.25) is 0 Å². The molecule has 15 heavy (non-hydrogen) atoms. The second-order valence-corrected chi connectivity index (χ2v) is 5.40. The maximum Gasteiger partial charge on any atom is 0.223 e. The van der Waals surface area contributed by atoms with Crippen LogP contribution in [0.15, 0.2) is 0 Å². The highest BCUT2D eigenvalue weighted by atomic mass is 16.2. The fraction of sp³-hybridized carbons (Fsp3) is 0.923. The SMILES string of the molecule is CC1CC1C(=O)NCCC1CCCCC1. The van der Waals surface area contributed by atoms with Crippen LogP contribution in [0.3, 0.4) is 0 Å². The van der Waals surface area contributed by atoms with Crippen LogP contribution in [0.25, 0.3) is 0 Å². The molecule has 2 aliphatic rings. The van der Waals surface area contributed by atoms with Gasteiger partial charge in [0, 0.05) is 12.5 Å². The average molecular weight is 209 g/mol. The zero-order chi connectivity index (χ0) is 10.7. The van der Waals surface area contributed by atoms with Crippen molar-refractivity contribution in [3.05, 3.63) is 0 Å². The Bertz CT molecular complexity index is 221. The van der Waals surface area contributed by atoms with Crippen LogP contribution >= 0.6 is 0 Å². The maximum atomic E-state index is 11.5. The van der Waals surface area contributed by atoms with Gasteiger partial charge >= 0.3 is 0 Å². The summed E-state index contributed by atoms with van der Waals surface area (Å²) in [7, 11) is 0. The first kappa shape index (κ1) is 11.0. The molecule has 0 spiro atoms. The zero-order valence-electron chi connectivity index (χ0n) is 9.80. The number of hydrogen-bond donors (Lipinski definition) is 1. The summed E-state index contributed by atoms with van der Waals surface area (Å²) in [5.41, 5.74) is 0. The van der Waals surface area contributed by atoms with Gasteiger partial charge in [-0.2, -0.15) is 0 Å². The predicted octanol–water partition coefficient (Wildman–Crippen LogP) is 2.73. The third-order valence-electron chi connectivity index (χ3n) is 4.02. The molecule has 1 N–H and O–H groups in total. The third kappa shape index (κ3) is 3.22. The quantitative estimate of drug-likeness (QED) is 0.758. The summed E-state index contributed by atoms with van der Waals surface area (Å²) in [6, 6.07) is 0. The molecule has 0 aromatic rings. The largest absolute Gasteiger partial charge is 0.356 e. The van der Waals surface area contributed by atoms with Crippen molar-refractivity contribution in [2.45, 2.75) is 51.9 Å². The molecule has 2 fully saturated rings. The zero-order valence-corrected chi connectivity index (χ0v) is 9.80. The molecule has 0 aromatic carbocycles. The van der Waals surface area contributed by atoms with Crippen molar-refractivity contribution in [3.8, 4) is 0 Å². The van der Waals surface area contributed by atoms with Crippen LogP contribution in [-0.2, 0) is 4.79 Å². The van der Waals surface area contributed by atoms with Crippen molar-refractivity contribution >= 4 is 5.91 Å². The van der Waals surface area contributed by atoms with E-state index in [2.05, 4.69) is 12.2 Å². The first-order chi connectivity index (χ1) is 7.27. The van der Waals surface area contributed by atoms with Crippen molar-refractivity contribution in [1.82, 2.24) is 5.32 Å². The van der Waals surface area contributed by atoms with Crippen LogP contribution in [0.4, 0.5) is 0 Å². The molecule has 1 amide bonds. The van der Waals surface area contributed by atoms with Gasteiger partial charge in [0.2, 0.25) is 5.91 Å². The molecule has 2 nitrogen and oxygen atoms in total. The second kappa shape index (κ2) is 5.00. The van der Waals surface area contributed by atoms with E-state index in [0.29, 0.717) is 17.7 Å². The molecular formula is C13H23NO. The highest BCUT2D eigenvalue weighted by Gasteiger charge is 2.38. The molecule has 0 aliphatic heterocycles. The van der Waals surface area contributed by atoms with Crippen molar-refractivity contribution in [2.75, 3.05) is 6.54 Å². The van der Waals surface area contributed by atoms with Gasteiger partial charge in [-0.25, -0.2) is 0 Å². The van der Waals surface area contributed by atoms with E-state index < -0.39 is 0 Å². The molecule has 0 bridgehead atoms. The van der Waals surface area contributed by atoms with Gasteiger partial charge in [0.05, 0.1) is 0 Å². The van der Waals surface area contributed by atoms with Gasteiger partial charge in [-0.05, 0) is 24.7 Å². The minimum absolute atomic E-state index is 0.304. The summed E-state index contributed by atoms with van der Waals surface area (Å²) in [4.78, 5) is 11.5. The summed E-state index contributed by atoms with van der Waals surface area (Å²) < 4.78 is 0. The summed E-state index contributed by atoms with van der Waals surface area (Å²) in [5, 5.41) is 3.08. The Morgan fingerprint density at radius 1 is 1.27 bits per heavy atom. The summed E-state index contributed by atoms with van der Waals surface area (Å²) in [6.07, 6.45) is 9.30. The smallest absolute Gasteiger partial charge is 0.223 e. The Labute approximate surface area is 92.8 Å². The normalized spacial score (nSPS) is 31.3. The van der Waals surface area contributed by atoms with E-state index in [9.17, 15) is 4.79 Å². The number of rotatable bonds is 4. The van der Waals surface area contributed by atoms with E-state index in [1.165, 1.54) is 38.5 Å². The summed E-state index contributed by atoms with van der Waals surface area (Å²) in [5.74, 6) is 2.17. The molecule has 86 valence electrons. The summed E-state index contributed by atoms with van der Waals surface area (Å²) >= 11 is 0. The van der Waals surface area contributed by atoms with Gasteiger partial charge in [0.1, 0.15) is 0 Å². The molecule has 2 aliphatic carbocycles. The second-order valence-electron chi connectivity index (χ2n) is 5.40. The number of nitrogens with one attached hydrogen (secondary N) is 1. The monoisotopic (exact) mass is 209 g/mol. The Balaban J connectivity index is 1.56. The van der Waals surface area contributed by atoms with Gasteiger partial charge in [-0.1, -0.05) is 39.0 Å². The number of hydrogen-bond acceptors (Lipinski definition) is 1. The lowest BCUT2D eigenvalue weighted by molar-refractivity contribution is -0.122.